The minimum Gasteiger partial charge on any atom is -0.483 e. The maximum Gasteiger partial charge on any atom is 0.255 e. The van der Waals surface area contributed by atoms with Crippen molar-refractivity contribution >= 4 is 23.1 Å². The third-order valence-corrected chi connectivity index (χ3v) is 5.15. The molecule has 0 aliphatic heterocycles. The first-order valence-electron chi connectivity index (χ1n) is 9.87. The van der Waals surface area contributed by atoms with Crippen molar-refractivity contribution in [3.8, 4) is 17.0 Å². The molecule has 2 heterocycles. The van der Waals surface area contributed by atoms with Gasteiger partial charge in [0.15, 0.2) is 6.61 Å². The Hall–Kier alpha value is -3.87. The Labute approximate surface area is 179 Å². The maximum absolute atomic E-state index is 14.1. The highest BCUT2D eigenvalue weighted by Crippen LogP contribution is 2.39. The van der Waals surface area contributed by atoms with E-state index in [0.29, 0.717) is 28.5 Å². The molecule has 0 bridgehead atoms. The van der Waals surface area contributed by atoms with Crippen LogP contribution in [0.15, 0.2) is 54.7 Å². The topological polar surface area (TPSA) is 81.6 Å². The molecule has 4 rings (SSSR count). The Bertz CT molecular complexity index is 1280. The number of para-hydroxylation sites is 1. The molecule has 1 amide bonds. The first-order valence-corrected chi connectivity index (χ1v) is 9.87. The molecule has 0 spiro atoms. The number of hydrogen-bond acceptors (Lipinski definition) is 4. The maximum atomic E-state index is 14.1. The summed E-state index contributed by atoms with van der Waals surface area (Å²) in [4.78, 5) is 16.1. The van der Waals surface area contributed by atoms with Gasteiger partial charge >= 0.3 is 0 Å². The second-order valence-corrected chi connectivity index (χ2v) is 7.48. The summed E-state index contributed by atoms with van der Waals surface area (Å²) in [7, 11) is 0. The van der Waals surface area contributed by atoms with Crippen molar-refractivity contribution < 1.29 is 13.9 Å². The number of rotatable bonds is 6. The van der Waals surface area contributed by atoms with Crippen LogP contribution in [0, 0.1) is 26.6 Å². The number of nitrogens with one attached hydrogen (secondary N) is 1. The fraction of sp³-hybridized carbons (Fsp3) is 0.167. The first kappa shape index (κ1) is 20.4. The summed E-state index contributed by atoms with van der Waals surface area (Å²) in [6.45, 7) is 5.69. The number of hydrogen-bond donors (Lipinski definition) is 2. The Morgan fingerprint density at radius 1 is 1.06 bits per heavy atom. The highest BCUT2D eigenvalue weighted by molar-refractivity contribution is 5.85. The molecular weight excluding hydrogens is 395 g/mol. The summed E-state index contributed by atoms with van der Waals surface area (Å²) >= 11 is 0. The molecule has 0 aliphatic carbocycles. The highest BCUT2D eigenvalue weighted by atomic mass is 19.1. The van der Waals surface area contributed by atoms with Crippen molar-refractivity contribution in [1.29, 1.82) is 0 Å². The zero-order valence-corrected chi connectivity index (χ0v) is 17.6. The van der Waals surface area contributed by atoms with E-state index in [1.165, 1.54) is 12.3 Å². The zero-order chi connectivity index (χ0) is 22.1. The van der Waals surface area contributed by atoms with Gasteiger partial charge in [-0.3, -0.25) is 9.20 Å². The fourth-order valence-electron chi connectivity index (χ4n) is 3.66. The summed E-state index contributed by atoms with van der Waals surface area (Å²) in [5.74, 6) is 0.131. The molecule has 31 heavy (non-hydrogen) atoms. The molecule has 0 radical (unpaired) electrons. The van der Waals surface area contributed by atoms with E-state index in [-0.39, 0.29) is 12.4 Å². The molecule has 0 saturated heterocycles. The monoisotopic (exact) mass is 418 g/mol. The van der Waals surface area contributed by atoms with E-state index < -0.39 is 5.91 Å². The van der Waals surface area contributed by atoms with Crippen LogP contribution in [0.25, 0.3) is 16.9 Å². The van der Waals surface area contributed by atoms with Crippen molar-refractivity contribution in [3.05, 3.63) is 77.2 Å². The number of benzene rings is 2. The Balaban J connectivity index is 1.96. The van der Waals surface area contributed by atoms with E-state index in [9.17, 15) is 9.18 Å². The molecule has 0 atom stereocenters. The van der Waals surface area contributed by atoms with E-state index in [4.69, 9.17) is 15.5 Å². The number of nitrogens with two attached hydrogens (primary N) is 1. The molecule has 0 fully saturated rings. The molecule has 7 heteroatoms. The summed E-state index contributed by atoms with van der Waals surface area (Å²) in [5, 5.41) is 3.46. The standard InChI is InChI=1S/C24H23FN4O2/c1-14-6-5-9-18(31-13-19(26)30)21(14)23-24(28-22-15(2)7-4-8-16(22)3)29-12-17(25)10-11-20(29)27-23/h4-12,28H,13H2,1-3H3,(H2,26,30). The van der Waals surface area contributed by atoms with Gasteiger partial charge in [0.2, 0.25) is 0 Å². The Morgan fingerprint density at radius 3 is 2.45 bits per heavy atom. The van der Waals surface area contributed by atoms with Gasteiger partial charge in [-0.1, -0.05) is 30.3 Å². The van der Waals surface area contributed by atoms with Crippen molar-refractivity contribution in [1.82, 2.24) is 9.38 Å². The van der Waals surface area contributed by atoms with Crippen LogP contribution in [0.3, 0.4) is 0 Å². The second kappa shape index (κ2) is 8.10. The van der Waals surface area contributed by atoms with Crippen LogP contribution in [0.1, 0.15) is 16.7 Å². The molecule has 0 unspecified atom stereocenters. The van der Waals surface area contributed by atoms with E-state index >= 15 is 0 Å². The predicted octanol–water partition coefficient (Wildman–Crippen LogP) is 4.67. The molecule has 3 N–H and O–H groups in total. The molecule has 0 aliphatic rings. The lowest BCUT2D eigenvalue weighted by molar-refractivity contribution is -0.119. The molecule has 4 aromatic rings. The van der Waals surface area contributed by atoms with Gasteiger partial charge < -0.3 is 15.8 Å². The van der Waals surface area contributed by atoms with Crippen LogP contribution in [0.4, 0.5) is 15.9 Å². The number of primary amides is 1. The van der Waals surface area contributed by atoms with Crippen molar-refractivity contribution in [3.63, 3.8) is 0 Å². The van der Waals surface area contributed by atoms with Crippen LogP contribution in [-0.2, 0) is 4.79 Å². The lowest BCUT2D eigenvalue weighted by atomic mass is 10.0. The predicted molar refractivity (Wildman–Crippen MR) is 119 cm³/mol. The number of carbonyl (C=O) groups is 1. The number of aryl methyl sites for hydroxylation is 3. The van der Waals surface area contributed by atoms with Gasteiger partial charge in [-0.15, -0.1) is 0 Å². The normalized spacial score (nSPS) is 11.0. The number of pyridine rings is 1. The van der Waals surface area contributed by atoms with Gasteiger partial charge in [-0.2, -0.15) is 0 Å². The van der Waals surface area contributed by atoms with Crippen molar-refractivity contribution in [2.45, 2.75) is 20.8 Å². The van der Waals surface area contributed by atoms with Gasteiger partial charge in [0, 0.05) is 17.4 Å². The average Bonchev–Trinajstić information content (AvgIpc) is 3.06. The first-order chi connectivity index (χ1) is 14.8. The van der Waals surface area contributed by atoms with Crippen LogP contribution >= 0.6 is 0 Å². The third kappa shape index (κ3) is 3.94. The number of ether oxygens (including phenoxy) is 1. The lowest BCUT2D eigenvalue weighted by Crippen LogP contribution is -2.20. The number of aromatic nitrogens is 2. The summed E-state index contributed by atoms with van der Waals surface area (Å²) in [6.07, 6.45) is 1.39. The number of halogens is 1. The minimum atomic E-state index is -0.571. The van der Waals surface area contributed by atoms with Gasteiger partial charge in [0.05, 0.1) is 0 Å². The summed E-state index contributed by atoms with van der Waals surface area (Å²) < 4.78 is 21.5. The summed E-state index contributed by atoms with van der Waals surface area (Å²) in [5.41, 5.74) is 11.1. The lowest BCUT2D eigenvalue weighted by Gasteiger charge is -2.16. The molecular formula is C24H23FN4O2. The Morgan fingerprint density at radius 2 is 1.74 bits per heavy atom. The van der Waals surface area contributed by atoms with Gasteiger partial charge in [0.25, 0.3) is 5.91 Å². The van der Waals surface area contributed by atoms with E-state index in [1.807, 2.05) is 51.1 Å². The molecule has 6 nitrogen and oxygen atoms in total. The van der Waals surface area contributed by atoms with Crippen LogP contribution in [0.5, 0.6) is 5.75 Å². The number of anilines is 2. The molecule has 0 saturated carbocycles. The quantitative estimate of drug-likeness (QED) is 0.477. The highest BCUT2D eigenvalue weighted by Gasteiger charge is 2.21. The fourth-order valence-corrected chi connectivity index (χ4v) is 3.66. The van der Waals surface area contributed by atoms with Gasteiger partial charge in [0.1, 0.15) is 28.7 Å². The second-order valence-electron chi connectivity index (χ2n) is 7.48. The van der Waals surface area contributed by atoms with Gasteiger partial charge in [-0.25, -0.2) is 9.37 Å². The van der Waals surface area contributed by atoms with E-state index in [1.54, 1.807) is 16.5 Å². The SMILES string of the molecule is Cc1cccc(C)c1Nc1c(-c2c(C)cccc2OCC(N)=O)nc2ccc(F)cn12. The smallest absolute Gasteiger partial charge is 0.255 e. The van der Waals surface area contributed by atoms with Crippen LogP contribution < -0.4 is 15.8 Å². The van der Waals surface area contributed by atoms with Crippen molar-refractivity contribution in [2.75, 3.05) is 11.9 Å². The number of fused-ring (bicyclic) bond motifs is 1. The van der Waals surface area contributed by atoms with Crippen LogP contribution in [0.2, 0.25) is 0 Å². The van der Waals surface area contributed by atoms with Crippen LogP contribution in [-0.4, -0.2) is 21.9 Å². The largest absolute Gasteiger partial charge is 0.483 e. The average molecular weight is 418 g/mol. The minimum absolute atomic E-state index is 0.252. The van der Waals surface area contributed by atoms with Crippen molar-refractivity contribution in [2.24, 2.45) is 5.73 Å². The third-order valence-electron chi connectivity index (χ3n) is 5.15. The van der Waals surface area contributed by atoms with Gasteiger partial charge in [-0.05, 0) is 55.7 Å². The Kier molecular flexibility index (Phi) is 5.33. The molecule has 2 aromatic heterocycles. The number of amides is 1. The number of nitrogens with zero attached hydrogens (tertiary/aromatic N) is 2. The molecule has 158 valence electrons. The van der Waals surface area contributed by atoms with E-state index in [2.05, 4.69) is 5.32 Å². The summed E-state index contributed by atoms with van der Waals surface area (Å²) in [6, 6.07) is 14.5. The van der Waals surface area contributed by atoms with E-state index in [0.717, 1.165) is 22.4 Å². The number of imidazole rings is 1. The zero-order valence-electron chi connectivity index (χ0n) is 17.6. The molecule has 2 aromatic carbocycles. The number of carbonyl (C=O) groups excluding carboxylic acids is 1.